The van der Waals surface area contributed by atoms with Gasteiger partial charge in [-0.2, -0.15) is 0 Å². The van der Waals surface area contributed by atoms with Crippen LogP contribution >= 0.6 is 0 Å². The Bertz CT molecular complexity index is 504. The molecule has 0 spiro atoms. The van der Waals surface area contributed by atoms with Gasteiger partial charge in [-0.3, -0.25) is 4.79 Å². The highest BCUT2D eigenvalue weighted by atomic mass is 16.5. The van der Waals surface area contributed by atoms with Crippen molar-refractivity contribution >= 4 is 11.6 Å². The van der Waals surface area contributed by atoms with E-state index in [-0.39, 0.29) is 11.9 Å². The summed E-state index contributed by atoms with van der Waals surface area (Å²) in [6.07, 6.45) is 3.23. The Morgan fingerprint density at radius 3 is 3.05 bits per heavy atom. The summed E-state index contributed by atoms with van der Waals surface area (Å²) in [7, 11) is 0. The molecule has 2 aliphatic rings. The summed E-state index contributed by atoms with van der Waals surface area (Å²) in [4.78, 5) is 12.4. The predicted molar refractivity (Wildman–Crippen MR) is 76.2 cm³/mol. The van der Waals surface area contributed by atoms with Gasteiger partial charge in [-0.15, -0.1) is 0 Å². The van der Waals surface area contributed by atoms with Gasteiger partial charge in [-0.05, 0) is 25.0 Å². The van der Waals surface area contributed by atoms with E-state index in [4.69, 9.17) is 4.74 Å². The average molecular weight is 276 g/mol. The molecule has 108 valence electrons. The molecule has 3 N–H and O–H groups in total. The third kappa shape index (κ3) is 2.58. The lowest BCUT2D eigenvalue weighted by atomic mass is 9.92. The Kier molecular flexibility index (Phi) is 3.78. The molecule has 0 unspecified atom stereocenters. The molecule has 2 atom stereocenters. The minimum absolute atomic E-state index is 0.149. The monoisotopic (exact) mass is 276 g/mol. The van der Waals surface area contributed by atoms with Gasteiger partial charge in [0.2, 0.25) is 0 Å². The molecule has 0 saturated heterocycles. The summed E-state index contributed by atoms with van der Waals surface area (Å²) in [5, 5.41) is 16.1. The first kappa shape index (κ1) is 13.2. The fourth-order valence-electron chi connectivity index (χ4n) is 2.88. The minimum atomic E-state index is -0.439. The number of carbonyl (C=O) groups is 1. The second kappa shape index (κ2) is 5.71. The van der Waals surface area contributed by atoms with Crippen molar-refractivity contribution in [3.8, 4) is 5.75 Å². The first-order valence-corrected chi connectivity index (χ1v) is 7.24. The summed E-state index contributed by atoms with van der Waals surface area (Å²) < 4.78 is 5.61. The number of para-hydroxylation sites is 1. The quantitative estimate of drug-likeness (QED) is 0.766. The van der Waals surface area contributed by atoms with E-state index in [9.17, 15) is 9.90 Å². The van der Waals surface area contributed by atoms with E-state index in [2.05, 4.69) is 10.6 Å². The molecule has 20 heavy (non-hydrogen) atoms. The number of ether oxygens (including phenoxy) is 1. The van der Waals surface area contributed by atoms with Crippen LogP contribution in [0.5, 0.6) is 5.75 Å². The van der Waals surface area contributed by atoms with Crippen LogP contribution in [0.3, 0.4) is 0 Å². The number of amides is 1. The van der Waals surface area contributed by atoms with Crippen molar-refractivity contribution < 1.29 is 14.6 Å². The van der Waals surface area contributed by atoms with Crippen LogP contribution in [-0.2, 0) is 0 Å². The third-order valence-electron chi connectivity index (χ3n) is 3.97. The topological polar surface area (TPSA) is 70.6 Å². The Morgan fingerprint density at radius 1 is 1.35 bits per heavy atom. The number of nitrogens with one attached hydrogen (secondary N) is 2. The number of aliphatic hydroxyl groups excluding tert-OH is 1. The number of benzene rings is 1. The summed E-state index contributed by atoms with van der Waals surface area (Å²) in [5.41, 5.74) is 1.39. The van der Waals surface area contributed by atoms with E-state index in [1.165, 1.54) is 0 Å². The van der Waals surface area contributed by atoms with Gasteiger partial charge in [-0.25, -0.2) is 0 Å². The van der Waals surface area contributed by atoms with Gasteiger partial charge in [-0.1, -0.05) is 18.9 Å². The van der Waals surface area contributed by atoms with Crippen molar-refractivity contribution in [2.24, 2.45) is 0 Å². The van der Waals surface area contributed by atoms with E-state index in [0.29, 0.717) is 17.9 Å². The van der Waals surface area contributed by atoms with Crippen molar-refractivity contribution in [3.63, 3.8) is 0 Å². The molecule has 1 aromatic rings. The highest BCUT2D eigenvalue weighted by Crippen LogP contribution is 2.31. The molecule has 1 fully saturated rings. The average Bonchev–Trinajstić information content (AvgIpc) is 2.49. The van der Waals surface area contributed by atoms with Crippen LogP contribution in [0, 0.1) is 0 Å². The zero-order chi connectivity index (χ0) is 13.9. The van der Waals surface area contributed by atoms with Crippen molar-refractivity contribution in [2.75, 3.05) is 18.5 Å². The number of anilines is 1. The molecule has 1 amide bonds. The smallest absolute Gasteiger partial charge is 0.255 e. The Labute approximate surface area is 118 Å². The molecule has 0 aromatic heterocycles. The zero-order valence-electron chi connectivity index (χ0n) is 11.4. The number of carbonyl (C=O) groups excluding carboxylic acids is 1. The van der Waals surface area contributed by atoms with Crippen molar-refractivity contribution in [1.29, 1.82) is 0 Å². The van der Waals surface area contributed by atoms with Crippen molar-refractivity contribution in [3.05, 3.63) is 23.8 Å². The van der Waals surface area contributed by atoms with Crippen LogP contribution in [0.2, 0.25) is 0 Å². The van der Waals surface area contributed by atoms with Gasteiger partial charge in [0.25, 0.3) is 5.91 Å². The predicted octanol–water partition coefficient (Wildman–Crippen LogP) is 1.52. The van der Waals surface area contributed by atoms with Crippen LogP contribution in [0.4, 0.5) is 5.69 Å². The Hall–Kier alpha value is -1.75. The van der Waals surface area contributed by atoms with Crippen LogP contribution in [0.25, 0.3) is 0 Å². The zero-order valence-corrected chi connectivity index (χ0v) is 11.4. The van der Waals surface area contributed by atoms with Crippen LogP contribution in [0.1, 0.15) is 36.0 Å². The Morgan fingerprint density at radius 2 is 2.20 bits per heavy atom. The van der Waals surface area contributed by atoms with Crippen molar-refractivity contribution in [2.45, 2.75) is 37.8 Å². The molecule has 5 nitrogen and oxygen atoms in total. The maximum atomic E-state index is 12.4. The first-order chi connectivity index (χ1) is 9.75. The maximum absolute atomic E-state index is 12.4. The van der Waals surface area contributed by atoms with Crippen LogP contribution in [0.15, 0.2) is 18.2 Å². The van der Waals surface area contributed by atoms with E-state index >= 15 is 0 Å². The molecule has 5 heteroatoms. The summed E-state index contributed by atoms with van der Waals surface area (Å²) >= 11 is 0. The molecular formula is C15H20N2O3. The molecule has 1 heterocycles. The number of aliphatic hydroxyl groups is 1. The highest BCUT2D eigenvalue weighted by molar-refractivity contribution is 5.99. The summed E-state index contributed by atoms with van der Waals surface area (Å²) in [6, 6.07) is 5.35. The largest absolute Gasteiger partial charge is 0.489 e. The van der Waals surface area contributed by atoms with Gasteiger partial charge in [0.05, 0.1) is 23.4 Å². The summed E-state index contributed by atoms with van der Waals surface area (Å²) in [6.45, 7) is 1.31. The van der Waals surface area contributed by atoms with E-state index in [1.54, 1.807) is 6.07 Å². The fourth-order valence-corrected chi connectivity index (χ4v) is 2.88. The SMILES string of the molecule is O=C(N[C@@H]1CCCC[C@H]1O)c1cccc2c1OCCN2. The lowest BCUT2D eigenvalue weighted by molar-refractivity contribution is 0.0714. The normalized spacial score (nSPS) is 25.1. The molecule has 3 rings (SSSR count). The molecule has 1 saturated carbocycles. The maximum Gasteiger partial charge on any atom is 0.255 e. The molecule has 0 bridgehead atoms. The van der Waals surface area contributed by atoms with Crippen LogP contribution < -0.4 is 15.4 Å². The van der Waals surface area contributed by atoms with Gasteiger partial charge < -0.3 is 20.5 Å². The third-order valence-corrected chi connectivity index (χ3v) is 3.97. The van der Waals surface area contributed by atoms with Gasteiger partial charge in [0, 0.05) is 6.54 Å². The van der Waals surface area contributed by atoms with Gasteiger partial charge in [0.15, 0.2) is 5.75 Å². The number of hydrogen-bond acceptors (Lipinski definition) is 4. The number of fused-ring (bicyclic) bond motifs is 1. The second-order valence-electron chi connectivity index (χ2n) is 5.39. The van der Waals surface area contributed by atoms with E-state index in [1.807, 2.05) is 12.1 Å². The van der Waals surface area contributed by atoms with Gasteiger partial charge in [0.1, 0.15) is 6.61 Å². The van der Waals surface area contributed by atoms with E-state index < -0.39 is 6.10 Å². The highest BCUT2D eigenvalue weighted by Gasteiger charge is 2.26. The first-order valence-electron chi connectivity index (χ1n) is 7.24. The molecule has 1 aliphatic carbocycles. The molecule has 0 radical (unpaired) electrons. The van der Waals surface area contributed by atoms with E-state index in [0.717, 1.165) is 37.9 Å². The molecular weight excluding hydrogens is 256 g/mol. The number of hydrogen-bond donors (Lipinski definition) is 3. The van der Waals surface area contributed by atoms with Crippen LogP contribution in [-0.4, -0.2) is 36.3 Å². The molecule has 1 aromatic carbocycles. The standard InChI is InChI=1S/C15H20N2O3/c18-13-7-2-1-5-11(13)17-15(19)10-4-3-6-12-14(10)20-9-8-16-12/h3-4,6,11,13,16,18H,1-2,5,7-9H2,(H,17,19)/t11-,13-/m1/s1. The lowest BCUT2D eigenvalue weighted by Gasteiger charge is -2.29. The van der Waals surface area contributed by atoms with Crippen molar-refractivity contribution in [1.82, 2.24) is 5.32 Å². The minimum Gasteiger partial charge on any atom is -0.489 e. The summed E-state index contributed by atoms with van der Waals surface area (Å²) in [5.74, 6) is 0.443. The molecule has 1 aliphatic heterocycles. The lowest BCUT2D eigenvalue weighted by Crippen LogP contribution is -2.45. The Balaban J connectivity index is 1.77. The second-order valence-corrected chi connectivity index (χ2v) is 5.39. The number of rotatable bonds is 2. The fraction of sp³-hybridized carbons (Fsp3) is 0.533. The van der Waals surface area contributed by atoms with Gasteiger partial charge >= 0.3 is 0 Å².